The monoisotopic (exact) mass is 163 g/mol. The molecule has 0 aromatic heterocycles. The highest BCUT2D eigenvalue weighted by Crippen LogP contribution is 2.29. The van der Waals surface area contributed by atoms with Gasteiger partial charge in [0.15, 0.2) is 0 Å². The van der Waals surface area contributed by atoms with E-state index in [1.807, 2.05) is 0 Å². The number of ether oxygens (including phenoxy) is 1. The van der Waals surface area contributed by atoms with E-state index in [4.69, 9.17) is 10.5 Å². The van der Waals surface area contributed by atoms with Gasteiger partial charge >= 0.3 is 0 Å². The van der Waals surface area contributed by atoms with Crippen LogP contribution in [-0.2, 0) is 12.8 Å². The minimum Gasteiger partial charge on any atom is -0.493 e. The smallest absolute Gasteiger partial charge is 0.125 e. The molecule has 1 aliphatic rings. The molecule has 0 aliphatic carbocycles. The van der Waals surface area contributed by atoms with Gasteiger partial charge in [-0.25, -0.2) is 0 Å². The van der Waals surface area contributed by atoms with Gasteiger partial charge in [-0.3, -0.25) is 0 Å². The first-order valence-electron chi connectivity index (χ1n) is 4.35. The van der Waals surface area contributed by atoms with Crippen LogP contribution in [-0.4, -0.2) is 13.2 Å². The third-order valence-electron chi connectivity index (χ3n) is 2.21. The van der Waals surface area contributed by atoms with Gasteiger partial charge in [0.1, 0.15) is 5.75 Å². The summed E-state index contributed by atoms with van der Waals surface area (Å²) in [6, 6.07) is 6.30. The first-order chi connectivity index (χ1) is 5.92. The van der Waals surface area contributed by atoms with Gasteiger partial charge in [-0.2, -0.15) is 0 Å². The fourth-order valence-electron chi connectivity index (χ4n) is 1.64. The van der Waals surface area contributed by atoms with Crippen LogP contribution in [0.2, 0.25) is 0 Å². The van der Waals surface area contributed by atoms with Crippen molar-refractivity contribution in [2.45, 2.75) is 12.8 Å². The molecule has 0 spiro atoms. The molecule has 0 bridgehead atoms. The summed E-state index contributed by atoms with van der Waals surface area (Å²) in [6.07, 6.45) is 1.97. The number of hydrogen-bond donors (Lipinski definition) is 1. The zero-order valence-electron chi connectivity index (χ0n) is 7.05. The van der Waals surface area contributed by atoms with Crippen LogP contribution in [0.4, 0.5) is 0 Å². The molecule has 0 saturated heterocycles. The molecule has 1 aliphatic heterocycles. The average Bonchev–Trinajstić information content (AvgIpc) is 2.53. The molecular formula is C10H13NO. The fourth-order valence-corrected chi connectivity index (χ4v) is 1.64. The Kier molecular flexibility index (Phi) is 2.00. The maximum Gasteiger partial charge on any atom is 0.125 e. The van der Waals surface area contributed by atoms with Gasteiger partial charge < -0.3 is 10.5 Å². The number of hydrogen-bond acceptors (Lipinski definition) is 2. The van der Waals surface area contributed by atoms with Gasteiger partial charge in [-0.05, 0) is 24.1 Å². The Morgan fingerprint density at radius 3 is 3.17 bits per heavy atom. The number of rotatable bonds is 2. The van der Waals surface area contributed by atoms with E-state index in [0.29, 0.717) is 6.54 Å². The molecular weight excluding hydrogens is 150 g/mol. The molecule has 2 rings (SSSR count). The van der Waals surface area contributed by atoms with E-state index >= 15 is 0 Å². The van der Waals surface area contributed by atoms with Crippen LogP contribution >= 0.6 is 0 Å². The molecule has 1 heterocycles. The van der Waals surface area contributed by atoms with E-state index in [-0.39, 0.29) is 0 Å². The molecule has 64 valence electrons. The molecule has 1 aromatic carbocycles. The Labute approximate surface area is 72.3 Å². The minimum atomic E-state index is 0.694. The Morgan fingerprint density at radius 2 is 2.33 bits per heavy atom. The third kappa shape index (κ3) is 1.18. The van der Waals surface area contributed by atoms with Gasteiger partial charge in [0.05, 0.1) is 6.61 Å². The zero-order chi connectivity index (χ0) is 8.39. The average molecular weight is 163 g/mol. The van der Waals surface area contributed by atoms with Crippen LogP contribution in [0.3, 0.4) is 0 Å². The van der Waals surface area contributed by atoms with Crippen molar-refractivity contribution in [1.82, 2.24) is 0 Å². The Balaban J connectivity index is 2.36. The summed E-state index contributed by atoms with van der Waals surface area (Å²) in [7, 11) is 0. The van der Waals surface area contributed by atoms with Gasteiger partial charge in [0, 0.05) is 6.42 Å². The van der Waals surface area contributed by atoms with Crippen LogP contribution in [0.5, 0.6) is 5.75 Å². The molecule has 2 heteroatoms. The number of fused-ring (bicyclic) bond motifs is 1. The molecule has 0 amide bonds. The molecule has 0 saturated carbocycles. The van der Waals surface area contributed by atoms with Gasteiger partial charge in [-0.1, -0.05) is 18.2 Å². The van der Waals surface area contributed by atoms with Crippen molar-refractivity contribution in [2.24, 2.45) is 5.73 Å². The van der Waals surface area contributed by atoms with Crippen molar-refractivity contribution in [2.75, 3.05) is 13.2 Å². The van der Waals surface area contributed by atoms with Crippen molar-refractivity contribution < 1.29 is 4.74 Å². The molecule has 2 nitrogen and oxygen atoms in total. The van der Waals surface area contributed by atoms with Crippen molar-refractivity contribution in [1.29, 1.82) is 0 Å². The summed E-state index contributed by atoms with van der Waals surface area (Å²) < 4.78 is 5.53. The maximum atomic E-state index is 5.53. The summed E-state index contributed by atoms with van der Waals surface area (Å²) >= 11 is 0. The van der Waals surface area contributed by atoms with E-state index in [2.05, 4.69) is 18.2 Å². The summed E-state index contributed by atoms with van der Waals surface area (Å²) in [5.74, 6) is 1.09. The summed E-state index contributed by atoms with van der Waals surface area (Å²) in [5.41, 5.74) is 8.09. The first-order valence-corrected chi connectivity index (χ1v) is 4.35. The second kappa shape index (κ2) is 3.15. The van der Waals surface area contributed by atoms with Gasteiger partial charge in [0.2, 0.25) is 0 Å². The lowest BCUT2D eigenvalue weighted by molar-refractivity contribution is 0.353. The lowest BCUT2D eigenvalue weighted by Gasteiger charge is -2.05. The summed E-state index contributed by atoms with van der Waals surface area (Å²) in [5, 5.41) is 0. The molecule has 1 aromatic rings. The number of para-hydroxylation sites is 1. The van der Waals surface area contributed by atoms with Crippen LogP contribution in [0.25, 0.3) is 0 Å². The standard InChI is InChI=1S/C10H13NO/c11-6-4-8-2-1-3-9-5-7-12-10(8)9/h1-3H,4-7,11H2. The zero-order valence-corrected chi connectivity index (χ0v) is 7.05. The first kappa shape index (κ1) is 7.62. The van der Waals surface area contributed by atoms with E-state index < -0.39 is 0 Å². The van der Waals surface area contributed by atoms with E-state index in [1.54, 1.807) is 0 Å². The highest BCUT2D eigenvalue weighted by Gasteiger charge is 2.14. The predicted molar refractivity (Wildman–Crippen MR) is 48.4 cm³/mol. The quantitative estimate of drug-likeness (QED) is 0.709. The Morgan fingerprint density at radius 1 is 1.42 bits per heavy atom. The van der Waals surface area contributed by atoms with Crippen molar-refractivity contribution in [3.8, 4) is 5.75 Å². The fraction of sp³-hybridized carbons (Fsp3) is 0.400. The van der Waals surface area contributed by atoms with Crippen LogP contribution in [0.15, 0.2) is 18.2 Å². The second-order valence-corrected chi connectivity index (χ2v) is 3.04. The Hall–Kier alpha value is -1.02. The van der Waals surface area contributed by atoms with Crippen molar-refractivity contribution in [3.63, 3.8) is 0 Å². The SMILES string of the molecule is NCCc1cccc2c1OCC2. The predicted octanol–water partition coefficient (Wildman–Crippen LogP) is 1.12. The molecule has 0 fully saturated rings. The summed E-state index contributed by atoms with van der Waals surface area (Å²) in [6.45, 7) is 1.52. The number of nitrogens with two attached hydrogens (primary N) is 1. The largest absolute Gasteiger partial charge is 0.493 e. The molecule has 12 heavy (non-hydrogen) atoms. The lowest BCUT2D eigenvalue weighted by atomic mass is 10.1. The van der Waals surface area contributed by atoms with Gasteiger partial charge in [-0.15, -0.1) is 0 Å². The molecule has 0 unspecified atom stereocenters. The molecule has 0 atom stereocenters. The topological polar surface area (TPSA) is 35.2 Å². The number of benzene rings is 1. The highest BCUT2D eigenvalue weighted by molar-refractivity contribution is 5.44. The van der Waals surface area contributed by atoms with Crippen LogP contribution in [0, 0.1) is 0 Å². The van der Waals surface area contributed by atoms with Crippen LogP contribution < -0.4 is 10.5 Å². The van der Waals surface area contributed by atoms with E-state index in [1.165, 1.54) is 11.1 Å². The van der Waals surface area contributed by atoms with Crippen LogP contribution in [0.1, 0.15) is 11.1 Å². The highest BCUT2D eigenvalue weighted by atomic mass is 16.5. The van der Waals surface area contributed by atoms with Crippen molar-refractivity contribution >= 4 is 0 Å². The van der Waals surface area contributed by atoms with E-state index in [9.17, 15) is 0 Å². The molecule has 0 radical (unpaired) electrons. The minimum absolute atomic E-state index is 0.694. The molecule has 2 N–H and O–H groups in total. The Bertz CT molecular complexity index is 283. The summed E-state index contributed by atoms with van der Waals surface area (Å²) in [4.78, 5) is 0. The third-order valence-corrected chi connectivity index (χ3v) is 2.21. The maximum absolute atomic E-state index is 5.53. The van der Waals surface area contributed by atoms with Crippen molar-refractivity contribution in [3.05, 3.63) is 29.3 Å². The second-order valence-electron chi connectivity index (χ2n) is 3.04. The normalized spacial score (nSPS) is 14.1. The van der Waals surface area contributed by atoms with Gasteiger partial charge in [0.25, 0.3) is 0 Å². The van der Waals surface area contributed by atoms with E-state index in [0.717, 1.165) is 25.2 Å². The lowest BCUT2D eigenvalue weighted by Crippen LogP contribution is -2.03.